The SMILES string of the molecule is O=C(CCc1ccc(Cl)cc1)Nc1nc(CCl)cs1. The van der Waals surface area contributed by atoms with Crippen LogP contribution in [-0.2, 0) is 17.1 Å². The Hall–Kier alpha value is -1.10. The summed E-state index contributed by atoms with van der Waals surface area (Å²) in [6.45, 7) is 0. The van der Waals surface area contributed by atoms with E-state index in [2.05, 4.69) is 10.3 Å². The average Bonchev–Trinajstić information content (AvgIpc) is 2.86. The third-order valence-corrected chi connectivity index (χ3v) is 3.82. The molecule has 1 N–H and O–H groups in total. The van der Waals surface area contributed by atoms with Crippen molar-refractivity contribution in [2.45, 2.75) is 18.7 Å². The summed E-state index contributed by atoms with van der Waals surface area (Å²) in [6, 6.07) is 7.49. The molecule has 1 aromatic heterocycles. The van der Waals surface area contributed by atoms with E-state index < -0.39 is 0 Å². The number of aryl methyl sites for hydroxylation is 1. The predicted octanol–water partition coefficient (Wildman–Crippen LogP) is 4.11. The molecule has 1 amide bonds. The van der Waals surface area contributed by atoms with Crippen LogP contribution in [0.2, 0.25) is 5.02 Å². The van der Waals surface area contributed by atoms with Gasteiger partial charge in [-0.05, 0) is 24.1 Å². The highest BCUT2D eigenvalue weighted by Gasteiger charge is 2.06. The van der Waals surface area contributed by atoms with E-state index in [4.69, 9.17) is 23.2 Å². The summed E-state index contributed by atoms with van der Waals surface area (Å²) in [6.07, 6.45) is 1.09. The van der Waals surface area contributed by atoms with Crippen LogP contribution in [0.3, 0.4) is 0 Å². The van der Waals surface area contributed by atoms with Crippen LogP contribution in [0.15, 0.2) is 29.6 Å². The van der Waals surface area contributed by atoms with Crippen LogP contribution < -0.4 is 5.32 Å². The molecule has 2 aromatic rings. The summed E-state index contributed by atoms with van der Waals surface area (Å²) in [5, 5.41) is 5.89. The van der Waals surface area contributed by atoms with Gasteiger partial charge in [0.2, 0.25) is 5.91 Å². The summed E-state index contributed by atoms with van der Waals surface area (Å²) >= 11 is 12.8. The molecule has 1 aromatic carbocycles. The number of hydrogen-bond acceptors (Lipinski definition) is 3. The van der Waals surface area contributed by atoms with Gasteiger partial charge in [-0.1, -0.05) is 23.7 Å². The minimum atomic E-state index is -0.0505. The second kappa shape index (κ2) is 6.89. The van der Waals surface area contributed by atoms with Gasteiger partial charge in [0.15, 0.2) is 5.13 Å². The standard InChI is InChI=1S/C13H12Cl2N2OS/c14-7-11-8-19-13(16-11)17-12(18)6-3-9-1-4-10(15)5-2-9/h1-2,4-5,8H,3,6-7H2,(H,16,17,18). The molecule has 0 fully saturated rings. The Morgan fingerprint density at radius 1 is 1.32 bits per heavy atom. The third kappa shape index (κ3) is 4.49. The number of hydrogen-bond donors (Lipinski definition) is 1. The van der Waals surface area contributed by atoms with E-state index in [1.54, 1.807) is 0 Å². The molecule has 0 atom stereocenters. The first kappa shape index (κ1) is 14.3. The Labute approximate surface area is 125 Å². The lowest BCUT2D eigenvalue weighted by Gasteiger charge is -2.02. The van der Waals surface area contributed by atoms with Crippen LogP contribution in [0.1, 0.15) is 17.7 Å². The Kier molecular flexibility index (Phi) is 5.19. The molecule has 0 saturated heterocycles. The fourth-order valence-corrected chi connectivity index (χ4v) is 2.60. The lowest BCUT2D eigenvalue weighted by atomic mass is 10.1. The highest BCUT2D eigenvalue weighted by molar-refractivity contribution is 7.13. The van der Waals surface area contributed by atoms with Gasteiger partial charge in [-0.2, -0.15) is 0 Å². The number of halogens is 2. The number of rotatable bonds is 5. The maximum atomic E-state index is 11.7. The predicted molar refractivity (Wildman–Crippen MR) is 80.1 cm³/mol. The summed E-state index contributed by atoms with van der Waals surface area (Å²) in [5.74, 6) is 0.308. The third-order valence-electron chi connectivity index (χ3n) is 2.49. The van der Waals surface area contributed by atoms with Gasteiger partial charge >= 0.3 is 0 Å². The van der Waals surface area contributed by atoms with Crippen molar-refractivity contribution < 1.29 is 4.79 Å². The number of amides is 1. The average molecular weight is 315 g/mol. The van der Waals surface area contributed by atoms with Crippen molar-refractivity contribution in [1.29, 1.82) is 0 Å². The van der Waals surface area contributed by atoms with Crippen LogP contribution in [0, 0.1) is 0 Å². The van der Waals surface area contributed by atoms with E-state index in [9.17, 15) is 4.79 Å². The number of thiazole rings is 1. The zero-order valence-electron chi connectivity index (χ0n) is 10.0. The Bertz CT molecular complexity index is 554. The van der Waals surface area contributed by atoms with E-state index >= 15 is 0 Å². The molecule has 1 heterocycles. The minimum Gasteiger partial charge on any atom is -0.302 e. The first-order chi connectivity index (χ1) is 9.17. The molecular weight excluding hydrogens is 303 g/mol. The molecule has 0 aliphatic heterocycles. The first-order valence-corrected chi connectivity index (χ1v) is 7.51. The van der Waals surface area contributed by atoms with Crippen LogP contribution in [0.5, 0.6) is 0 Å². The number of benzene rings is 1. The highest BCUT2D eigenvalue weighted by atomic mass is 35.5. The molecule has 2 rings (SSSR count). The number of aromatic nitrogens is 1. The van der Waals surface area contributed by atoms with Crippen molar-refractivity contribution in [3.63, 3.8) is 0 Å². The van der Waals surface area contributed by atoms with E-state index in [1.165, 1.54) is 11.3 Å². The summed E-state index contributed by atoms with van der Waals surface area (Å²) in [7, 11) is 0. The molecule has 19 heavy (non-hydrogen) atoms. The fraction of sp³-hybridized carbons (Fsp3) is 0.231. The minimum absolute atomic E-state index is 0.0505. The van der Waals surface area contributed by atoms with Crippen molar-refractivity contribution in [3.05, 3.63) is 45.9 Å². The lowest BCUT2D eigenvalue weighted by molar-refractivity contribution is -0.116. The Morgan fingerprint density at radius 3 is 2.68 bits per heavy atom. The van der Waals surface area contributed by atoms with Gasteiger partial charge in [-0.3, -0.25) is 4.79 Å². The van der Waals surface area contributed by atoms with Crippen LogP contribution in [-0.4, -0.2) is 10.9 Å². The normalized spacial score (nSPS) is 10.4. The number of alkyl halides is 1. The van der Waals surface area contributed by atoms with Gasteiger partial charge in [-0.15, -0.1) is 22.9 Å². The quantitative estimate of drug-likeness (QED) is 0.844. The molecule has 100 valence electrons. The topological polar surface area (TPSA) is 42.0 Å². The van der Waals surface area contributed by atoms with E-state index in [1.807, 2.05) is 29.6 Å². The number of nitrogens with one attached hydrogen (secondary N) is 1. The zero-order valence-corrected chi connectivity index (χ0v) is 12.4. The van der Waals surface area contributed by atoms with Crippen LogP contribution in [0.4, 0.5) is 5.13 Å². The van der Waals surface area contributed by atoms with Crippen molar-refractivity contribution in [3.8, 4) is 0 Å². The second-order valence-corrected chi connectivity index (χ2v) is 5.51. The lowest BCUT2D eigenvalue weighted by Crippen LogP contribution is -2.12. The number of carbonyl (C=O) groups is 1. The number of nitrogens with zero attached hydrogens (tertiary/aromatic N) is 1. The van der Waals surface area contributed by atoms with E-state index in [0.29, 0.717) is 28.9 Å². The molecule has 0 spiro atoms. The maximum absolute atomic E-state index is 11.7. The molecule has 0 unspecified atom stereocenters. The van der Waals surface area contributed by atoms with Crippen LogP contribution in [0.25, 0.3) is 0 Å². The number of carbonyl (C=O) groups excluding carboxylic acids is 1. The Balaban J connectivity index is 1.82. The van der Waals surface area contributed by atoms with E-state index in [-0.39, 0.29) is 5.91 Å². The highest BCUT2D eigenvalue weighted by Crippen LogP contribution is 2.17. The van der Waals surface area contributed by atoms with Gasteiger partial charge < -0.3 is 5.32 Å². The molecule has 6 heteroatoms. The van der Waals surface area contributed by atoms with Gasteiger partial charge in [0.1, 0.15) is 0 Å². The first-order valence-electron chi connectivity index (χ1n) is 5.72. The van der Waals surface area contributed by atoms with Gasteiger partial charge in [-0.25, -0.2) is 4.98 Å². The van der Waals surface area contributed by atoms with Gasteiger partial charge in [0, 0.05) is 16.8 Å². The molecular formula is C13H12Cl2N2OS. The number of anilines is 1. The summed E-state index contributed by atoms with van der Waals surface area (Å²) in [5.41, 5.74) is 1.86. The molecule has 3 nitrogen and oxygen atoms in total. The second-order valence-electron chi connectivity index (χ2n) is 3.95. The summed E-state index contributed by atoms with van der Waals surface area (Å²) in [4.78, 5) is 15.9. The molecule has 0 aliphatic rings. The largest absolute Gasteiger partial charge is 0.302 e. The van der Waals surface area contributed by atoms with Crippen molar-refractivity contribution in [2.24, 2.45) is 0 Å². The van der Waals surface area contributed by atoms with Gasteiger partial charge in [0.05, 0.1) is 11.6 Å². The van der Waals surface area contributed by atoms with Crippen molar-refractivity contribution in [2.75, 3.05) is 5.32 Å². The van der Waals surface area contributed by atoms with Crippen molar-refractivity contribution >= 4 is 45.6 Å². The monoisotopic (exact) mass is 314 g/mol. The van der Waals surface area contributed by atoms with Gasteiger partial charge in [0.25, 0.3) is 0 Å². The smallest absolute Gasteiger partial charge is 0.226 e. The maximum Gasteiger partial charge on any atom is 0.226 e. The molecule has 0 saturated carbocycles. The van der Waals surface area contributed by atoms with Crippen LogP contribution >= 0.6 is 34.5 Å². The summed E-state index contributed by atoms with van der Waals surface area (Å²) < 4.78 is 0. The molecule has 0 bridgehead atoms. The van der Waals surface area contributed by atoms with E-state index in [0.717, 1.165) is 11.3 Å². The molecule has 0 radical (unpaired) electrons. The Morgan fingerprint density at radius 2 is 2.05 bits per heavy atom. The molecule has 0 aliphatic carbocycles. The fourth-order valence-electron chi connectivity index (χ4n) is 1.52. The zero-order chi connectivity index (χ0) is 13.7. The van der Waals surface area contributed by atoms with Crippen molar-refractivity contribution in [1.82, 2.24) is 4.98 Å².